The second-order valence-corrected chi connectivity index (χ2v) is 10.4. The minimum atomic E-state index is -1.75. The lowest BCUT2D eigenvalue weighted by Gasteiger charge is -2.28. The van der Waals surface area contributed by atoms with E-state index in [4.69, 9.17) is 8.85 Å². The molecule has 2 aromatic rings. The summed E-state index contributed by atoms with van der Waals surface area (Å²) in [6.07, 6.45) is 1.65. The molecule has 9 heteroatoms. The molecule has 4 amide bonds. The van der Waals surface area contributed by atoms with Gasteiger partial charge in [-0.1, -0.05) is 38.1 Å². The molecule has 2 aliphatic heterocycles. The molecular weight excluding hydrogens is 464 g/mol. The zero-order valence-corrected chi connectivity index (χ0v) is 21.0. The first-order chi connectivity index (χ1) is 17.0. The summed E-state index contributed by atoms with van der Waals surface area (Å²) in [6.45, 7) is 5.22. The highest BCUT2D eigenvalue weighted by molar-refractivity contribution is 6.44. The molecule has 2 aromatic carbocycles. The molecule has 1 radical (unpaired) electrons. The van der Waals surface area contributed by atoms with E-state index in [1.165, 1.54) is 9.80 Å². The van der Waals surface area contributed by atoms with Gasteiger partial charge < -0.3 is 8.85 Å². The Morgan fingerprint density at radius 2 is 1.00 bits per heavy atom. The van der Waals surface area contributed by atoms with Crippen molar-refractivity contribution < 1.29 is 28.0 Å². The van der Waals surface area contributed by atoms with Crippen LogP contribution >= 0.6 is 0 Å². The van der Waals surface area contributed by atoms with Crippen LogP contribution in [0.25, 0.3) is 0 Å². The largest absolute Gasteiger partial charge is 0.393 e. The third-order valence-electron chi connectivity index (χ3n) is 6.03. The van der Waals surface area contributed by atoms with Crippen LogP contribution in [-0.4, -0.2) is 69.0 Å². The van der Waals surface area contributed by atoms with Crippen LogP contribution in [0.15, 0.2) is 48.5 Å². The van der Waals surface area contributed by atoms with Crippen LogP contribution < -0.4 is 0 Å². The number of carbonyl (C=O) groups is 4. The van der Waals surface area contributed by atoms with Gasteiger partial charge in [0.15, 0.2) is 0 Å². The summed E-state index contributed by atoms with van der Waals surface area (Å²) in [5.74, 6) is -1.85. The topological polar surface area (TPSA) is 93.2 Å². The van der Waals surface area contributed by atoms with Crippen LogP contribution in [0.4, 0.5) is 0 Å². The first-order valence-electron chi connectivity index (χ1n) is 12.0. The predicted molar refractivity (Wildman–Crippen MR) is 130 cm³/mol. The molecule has 0 unspecified atom stereocenters. The van der Waals surface area contributed by atoms with Gasteiger partial charge in [0.25, 0.3) is 23.6 Å². The van der Waals surface area contributed by atoms with Gasteiger partial charge in [0, 0.05) is 26.3 Å². The van der Waals surface area contributed by atoms with Crippen molar-refractivity contribution in [3.63, 3.8) is 0 Å². The standard InChI is InChI=1S/C26H29N2O6Si/c1-3-13-33-35(34-14-4-2)17-18(15-27-23(29)19-9-5-6-10-20(19)24(27)30)16-28-25(31)21-11-7-8-12-22(21)26(28)32/h5-12,18H,3-4,13-17H2,1-2H3. The van der Waals surface area contributed by atoms with Gasteiger partial charge in [-0.3, -0.25) is 29.0 Å². The zero-order valence-electron chi connectivity index (χ0n) is 20.0. The zero-order chi connectivity index (χ0) is 24.9. The molecule has 0 N–H and O–H groups in total. The Bertz CT molecular complexity index is 981. The van der Waals surface area contributed by atoms with Crippen molar-refractivity contribution in [1.82, 2.24) is 9.80 Å². The van der Waals surface area contributed by atoms with E-state index in [0.717, 1.165) is 12.8 Å². The van der Waals surface area contributed by atoms with Gasteiger partial charge in [-0.15, -0.1) is 0 Å². The molecule has 35 heavy (non-hydrogen) atoms. The van der Waals surface area contributed by atoms with Crippen molar-refractivity contribution in [1.29, 1.82) is 0 Å². The smallest absolute Gasteiger partial charge is 0.385 e. The lowest BCUT2D eigenvalue weighted by molar-refractivity contribution is 0.0578. The average molecular weight is 494 g/mol. The van der Waals surface area contributed by atoms with Gasteiger partial charge in [-0.2, -0.15) is 0 Å². The van der Waals surface area contributed by atoms with E-state index < -0.39 is 9.28 Å². The normalized spacial score (nSPS) is 15.1. The maximum absolute atomic E-state index is 13.0. The summed E-state index contributed by atoms with van der Waals surface area (Å²) >= 11 is 0. The molecule has 2 aliphatic rings. The fraction of sp³-hybridized carbons (Fsp3) is 0.385. The van der Waals surface area contributed by atoms with E-state index in [1.54, 1.807) is 48.5 Å². The van der Waals surface area contributed by atoms with E-state index in [1.807, 2.05) is 13.8 Å². The molecule has 0 atom stereocenters. The molecule has 8 nitrogen and oxygen atoms in total. The lowest BCUT2D eigenvalue weighted by Crippen LogP contribution is -2.43. The summed E-state index contributed by atoms with van der Waals surface area (Å²) in [5, 5.41) is 0. The number of carbonyl (C=O) groups excluding carboxylic acids is 4. The number of fused-ring (bicyclic) bond motifs is 2. The van der Waals surface area contributed by atoms with Crippen LogP contribution in [0, 0.1) is 5.92 Å². The third-order valence-corrected chi connectivity index (χ3v) is 7.99. The second-order valence-electron chi connectivity index (χ2n) is 8.67. The number of benzene rings is 2. The molecule has 0 aromatic heterocycles. The minimum absolute atomic E-state index is 0.0683. The highest BCUT2D eigenvalue weighted by Gasteiger charge is 2.41. The van der Waals surface area contributed by atoms with Crippen molar-refractivity contribution in [3.8, 4) is 0 Å². The quantitative estimate of drug-likeness (QED) is 0.332. The Morgan fingerprint density at radius 3 is 1.31 bits per heavy atom. The number of imide groups is 2. The molecule has 0 saturated carbocycles. The van der Waals surface area contributed by atoms with Gasteiger partial charge in [0.05, 0.1) is 22.3 Å². The molecule has 4 rings (SSSR count). The molecule has 183 valence electrons. The summed E-state index contributed by atoms with van der Waals surface area (Å²) in [7, 11) is -1.75. The van der Waals surface area contributed by atoms with E-state index in [0.29, 0.717) is 41.5 Å². The summed E-state index contributed by atoms with van der Waals surface area (Å²) < 4.78 is 12.0. The van der Waals surface area contributed by atoms with Crippen molar-refractivity contribution >= 4 is 32.9 Å². The average Bonchev–Trinajstić information content (AvgIpc) is 3.26. The molecule has 0 fully saturated rings. The maximum Gasteiger partial charge on any atom is 0.385 e. The monoisotopic (exact) mass is 493 g/mol. The van der Waals surface area contributed by atoms with Gasteiger partial charge in [0.2, 0.25) is 0 Å². The molecular formula is C26H29N2O6Si. The van der Waals surface area contributed by atoms with Gasteiger partial charge in [-0.25, -0.2) is 0 Å². The van der Waals surface area contributed by atoms with Crippen molar-refractivity contribution in [3.05, 3.63) is 70.8 Å². The van der Waals surface area contributed by atoms with Gasteiger partial charge in [-0.05, 0) is 49.1 Å². The van der Waals surface area contributed by atoms with Crippen LogP contribution in [0.2, 0.25) is 6.04 Å². The Kier molecular flexibility index (Phi) is 7.89. The van der Waals surface area contributed by atoms with Crippen LogP contribution in [0.1, 0.15) is 68.1 Å². The second kappa shape index (κ2) is 11.1. The Labute approximate surface area is 206 Å². The van der Waals surface area contributed by atoms with Crippen molar-refractivity contribution in [2.75, 3.05) is 26.3 Å². The number of nitrogens with zero attached hydrogens (tertiary/aromatic N) is 2. The third kappa shape index (κ3) is 5.12. The molecule has 0 aliphatic carbocycles. The Hall–Kier alpha value is -3.14. The van der Waals surface area contributed by atoms with E-state index in [-0.39, 0.29) is 42.6 Å². The molecule has 0 bridgehead atoms. The van der Waals surface area contributed by atoms with Crippen LogP contribution in [0.3, 0.4) is 0 Å². The SMILES string of the molecule is CCCO[Si](CC(CN1C(=O)c2ccccc2C1=O)CN1C(=O)c2ccccc2C1=O)OCCC. The summed E-state index contributed by atoms with van der Waals surface area (Å²) in [4.78, 5) is 54.5. The van der Waals surface area contributed by atoms with Crippen LogP contribution in [-0.2, 0) is 8.85 Å². The number of amides is 4. The maximum atomic E-state index is 13.0. The summed E-state index contributed by atoms with van der Waals surface area (Å²) in [5.41, 5.74) is 1.47. The summed E-state index contributed by atoms with van der Waals surface area (Å²) in [6, 6.07) is 13.9. The van der Waals surface area contributed by atoms with Crippen molar-refractivity contribution in [2.24, 2.45) is 5.92 Å². The van der Waals surface area contributed by atoms with E-state index in [9.17, 15) is 19.2 Å². The fourth-order valence-electron chi connectivity index (χ4n) is 4.34. The highest BCUT2D eigenvalue weighted by Crippen LogP contribution is 2.28. The molecule has 0 spiro atoms. The van der Waals surface area contributed by atoms with E-state index in [2.05, 4.69) is 0 Å². The minimum Gasteiger partial charge on any atom is -0.393 e. The Balaban J connectivity index is 1.57. The number of hydrogen-bond donors (Lipinski definition) is 0. The van der Waals surface area contributed by atoms with Crippen molar-refractivity contribution in [2.45, 2.75) is 32.7 Å². The molecule has 0 saturated heterocycles. The van der Waals surface area contributed by atoms with Gasteiger partial charge in [0.1, 0.15) is 0 Å². The fourth-order valence-corrected chi connectivity index (χ4v) is 6.25. The van der Waals surface area contributed by atoms with Crippen LogP contribution in [0.5, 0.6) is 0 Å². The van der Waals surface area contributed by atoms with Gasteiger partial charge >= 0.3 is 9.28 Å². The highest BCUT2D eigenvalue weighted by atomic mass is 28.3. The lowest BCUT2D eigenvalue weighted by atomic mass is 10.1. The number of rotatable bonds is 12. The Morgan fingerprint density at radius 1 is 0.657 bits per heavy atom. The first kappa shape index (κ1) is 25.0. The number of hydrogen-bond acceptors (Lipinski definition) is 6. The predicted octanol–water partition coefficient (Wildman–Crippen LogP) is 3.54. The molecule has 2 heterocycles. The van der Waals surface area contributed by atoms with E-state index >= 15 is 0 Å². The first-order valence-corrected chi connectivity index (χ1v) is 13.5.